The van der Waals surface area contributed by atoms with Gasteiger partial charge in [0.15, 0.2) is 5.58 Å². The molecule has 0 bridgehead atoms. The average Bonchev–Trinajstić information content (AvgIpc) is 3.08. The molecule has 6 heteroatoms. The van der Waals surface area contributed by atoms with E-state index in [0.717, 1.165) is 38.4 Å². The topological polar surface area (TPSA) is 46.3 Å². The SMILES string of the molecule is O=C(Sc1nc2ccccc2o1)N1c2ccccc2Sc2ccccc21. The molecule has 0 radical (unpaired) electrons. The summed E-state index contributed by atoms with van der Waals surface area (Å²) in [6.07, 6.45) is 0. The third-order valence-electron chi connectivity index (χ3n) is 4.06. The molecule has 126 valence electrons. The number of oxazole rings is 1. The van der Waals surface area contributed by atoms with Crippen molar-refractivity contribution in [3.8, 4) is 0 Å². The lowest BCUT2D eigenvalue weighted by atomic mass is 10.2. The summed E-state index contributed by atoms with van der Waals surface area (Å²) in [4.78, 5) is 21.4. The van der Waals surface area contributed by atoms with Crippen LogP contribution in [0.25, 0.3) is 11.1 Å². The number of carbonyl (C=O) groups is 1. The van der Waals surface area contributed by atoms with Crippen molar-refractivity contribution < 1.29 is 9.21 Å². The number of benzene rings is 3. The van der Waals surface area contributed by atoms with Crippen molar-refractivity contribution in [3.05, 3.63) is 72.8 Å². The number of amides is 1. The summed E-state index contributed by atoms with van der Waals surface area (Å²) >= 11 is 2.67. The molecule has 0 saturated carbocycles. The van der Waals surface area contributed by atoms with E-state index in [1.54, 1.807) is 16.7 Å². The fourth-order valence-electron chi connectivity index (χ4n) is 2.92. The maximum absolute atomic E-state index is 13.1. The molecular weight excluding hydrogens is 364 g/mol. The van der Waals surface area contributed by atoms with E-state index in [9.17, 15) is 4.79 Å². The van der Waals surface area contributed by atoms with Crippen molar-refractivity contribution in [3.63, 3.8) is 0 Å². The summed E-state index contributed by atoms with van der Waals surface area (Å²) in [6.45, 7) is 0. The van der Waals surface area contributed by atoms with E-state index in [4.69, 9.17) is 4.42 Å². The van der Waals surface area contributed by atoms with Gasteiger partial charge in [-0.1, -0.05) is 48.2 Å². The molecule has 0 saturated heterocycles. The van der Waals surface area contributed by atoms with Gasteiger partial charge in [0.25, 0.3) is 10.5 Å². The number of hydrogen-bond donors (Lipinski definition) is 0. The lowest BCUT2D eigenvalue weighted by Crippen LogP contribution is -2.24. The molecule has 1 aliphatic heterocycles. The van der Waals surface area contributed by atoms with Gasteiger partial charge in [0.2, 0.25) is 0 Å². The Labute approximate surface area is 158 Å². The van der Waals surface area contributed by atoms with Crippen molar-refractivity contribution in [2.45, 2.75) is 15.0 Å². The zero-order valence-electron chi connectivity index (χ0n) is 13.5. The summed E-state index contributed by atoms with van der Waals surface area (Å²) in [6, 6.07) is 23.3. The van der Waals surface area contributed by atoms with E-state index in [1.807, 2.05) is 72.8 Å². The smallest absolute Gasteiger partial charge is 0.300 e. The highest BCUT2D eigenvalue weighted by Gasteiger charge is 2.29. The Morgan fingerprint density at radius 1 is 0.885 bits per heavy atom. The van der Waals surface area contributed by atoms with Gasteiger partial charge in [0, 0.05) is 21.6 Å². The number of carbonyl (C=O) groups excluding carboxylic acids is 1. The maximum Gasteiger partial charge on any atom is 0.300 e. The minimum Gasteiger partial charge on any atom is -0.431 e. The fourth-order valence-corrected chi connectivity index (χ4v) is 4.69. The first-order valence-corrected chi connectivity index (χ1v) is 9.66. The zero-order chi connectivity index (χ0) is 17.5. The predicted molar refractivity (Wildman–Crippen MR) is 104 cm³/mol. The van der Waals surface area contributed by atoms with Gasteiger partial charge in [0.1, 0.15) is 5.52 Å². The third kappa shape index (κ3) is 2.58. The van der Waals surface area contributed by atoms with Gasteiger partial charge in [-0.3, -0.25) is 9.69 Å². The van der Waals surface area contributed by atoms with E-state index in [-0.39, 0.29) is 5.24 Å². The standard InChI is InChI=1S/C20H12N2O2S2/c23-20(26-19-21-13-7-1-4-10-16(13)24-19)22-14-8-2-5-11-17(14)25-18-12-6-3-9-15(18)22/h1-12H. The van der Waals surface area contributed by atoms with Crippen LogP contribution in [0.1, 0.15) is 0 Å². The molecule has 2 heterocycles. The molecule has 0 aliphatic carbocycles. The van der Waals surface area contributed by atoms with E-state index in [2.05, 4.69) is 4.98 Å². The monoisotopic (exact) mass is 376 g/mol. The van der Waals surface area contributed by atoms with Gasteiger partial charge in [-0.15, -0.1) is 0 Å². The number of para-hydroxylation sites is 4. The van der Waals surface area contributed by atoms with Crippen molar-refractivity contribution in [2.75, 3.05) is 4.90 Å². The normalized spacial score (nSPS) is 12.7. The number of thioether (sulfide) groups is 1. The van der Waals surface area contributed by atoms with Crippen LogP contribution in [0.2, 0.25) is 0 Å². The maximum atomic E-state index is 13.1. The molecule has 1 amide bonds. The molecule has 0 unspecified atom stereocenters. The van der Waals surface area contributed by atoms with Crippen molar-refractivity contribution in [2.24, 2.45) is 0 Å². The lowest BCUT2D eigenvalue weighted by molar-refractivity contribution is 0.266. The number of hydrogen-bond acceptors (Lipinski definition) is 5. The quantitative estimate of drug-likeness (QED) is 0.363. The Morgan fingerprint density at radius 2 is 1.50 bits per heavy atom. The zero-order valence-corrected chi connectivity index (χ0v) is 15.1. The Bertz CT molecular complexity index is 1060. The number of aromatic nitrogens is 1. The summed E-state index contributed by atoms with van der Waals surface area (Å²) in [5, 5.41) is 0.209. The van der Waals surface area contributed by atoms with Crippen LogP contribution in [0, 0.1) is 0 Å². The van der Waals surface area contributed by atoms with Crippen LogP contribution in [0.15, 0.2) is 92.2 Å². The molecule has 26 heavy (non-hydrogen) atoms. The van der Waals surface area contributed by atoms with Crippen LogP contribution < -0.4 is 4.90 Å². The van der Waals surface area contributed by atoms with Gasteiger partial charge >= 0.3 is 0 Å². The van der Waals surface area contributed by atoms with Gasteiger partial charge in [-0.05, 0) is 36.4 Å². The fraction of sp³-hybridized carbons (Fsp3) is 0. The molecular formula is C20H12N2O2S2. The van der Waals surface area contributed by atoms with Crippen LogP contribution in [0.5, 0.6) is 0 Å². The number of rotatable bonds is 1. The summed E-state index contributed by atoms with van der Waals surface area (Å²) in [7, 11) is 0. The van der Waals surface area contributed by atoms with E-state index in [0.29, 0.717) is 10.8 Å². The molecule has 3 aromatic carbocycles. The Kier molecular flexibility index (Phi) is 3.72. The summed E-state index contributed by atoms with van der Waals surface area (Å²) in [5.74, 6) is 0. The molecule has 4 aromatic rings. The van der Waals surface area contributed by atoms with Crippen molar-refractivity contribution >= 4 is 51.2 Å². The minimum absolute atomic E-state index is 0.142. The second-order valence-electron chi connectivity index (χ2n) is 5.69. The molecule has 0 fully saturated rings. The molecule has 5 rings (SSSR count). The van der Waals surface area contributed by atoms with E-state index < -0.39 is 0 Å². The average molecular weight is 376 g/mol. The van der Waals surface area contributed by atoms with E-state index >= 15 is 0 Å². The molecule has 1 aliphatic rings. The van der Waals surface area contributed by atoms with Crippen molar-refractivity contribution in [1.82, 2.24) is 4.98 Å². The third-order valence-corrected chi connectivity index (χ3v) is 5.90. The molecule has 1 aromatic heterocycles. The minimum atomic E-state index is -0.142. The molecule has 4 nitrogen and oxygen atoms in total. The highest BCUT2D eigenvalue weighted by molar-refractivity contribution is 8.13. The Hall–Kier alpha value is -2.70. The summed E-state index contributed by atoms with van der Waals surface area (Å²) < 4.78 is 5.70. The van der Waals surface area contributed by atoms with Gasteiger partial charge in [0.05, 0.1) is 11.4 Å². The van der Waals surface area contributed by atoms with Crippen LogP contribution in [0.3, 0.4) is 0 Å². The lowest BCUT2D eigenvalue weighted by Gasteiger charge is -2.30. The van der Waals surface area contributed by atoms with Gasteiger partial charge < -0.3 is 4.42 Å². The highest BCUT2D eigenvalue weighted by Crippen LogP contribution is 2.49. The largest absolute Gasteiger partial charge is 0.431 e. The van der Waals surface area contributed by atoms with E-state index in [1.165, 1.54) is 0 Å². The second-order valence-corrected chi connectivity index (χ2v) is 7.67. The molecule has 0 N–H and O–H groups in total. The Morgan fingerprint density at radius 3 is 2.19 bits per heavy atom. The van der Waals surface area contributed by atoms with Gasteiger partial charge in [-0.25, -0.2) is 4.98 Å². The molecule has 0 atom stereocenters. The van der Waals surface area contributed by atoms with Crippen LogP contribution >= 0.6 is 23.5 Å². The number of nitrogens with zero attached hydrogens (tertiary/aromatic N) is 2. The first-order chi connectivity index (χ1) is 12.8. The predicted octanol–water partition coefficient (Wildman–Crippen LogP) is 6.34. The van der Waals surface area contributed by atoms with Crippen molar-refractivity contribution in [1.29, 1.82) is 0 Å². The second kappa shape index (κ2) is 6.23. The van der Waals surface area contributed by atoms with Crippen LogP contribution in [-0.2, 0) is 0 Å². The van der Waals surface area contributed by atoms with Crippen LogP contribution in [0.4, 0.5) is 16.2 Å². The highest BCUT2D eigenvalue weighted by atomic mass is 32.2. The first-order valence-electron chi connectivity index (χ1n) is 8.03. The first kappa shape index (κ1) is 15.5. The molecule has 0 spiro atoms. The number of anilines is 2. The number of fused-ring (bicyclic) bond motifs is 3. The summed E-state index contributed by atoms with van der Waals surface area (Å²) in [5.41, 5.74) is 3.19. The van der Waals surface area contributed by atoms with Gasteiger partial charge in [-0.2, -0.15) is 0 Å². The van der Waals surface area contributed by atoms with Crippen LogP contribution in [-0.4, -0.2) is 10.2 Å². The Balaban J connectivity index is 1.55.